The molecule has 0 atom stereocenters. The van der Waals surface area contributed by atoms with Gasteiger partial charge in [0.2, 0.25) is 5.88 Å². The summed E-state index contributed by atoms with van der Waals surface area (Å²) in [6.07, 6.45) is 5.18. The minimum absolute atomic E-state index is 0.139. The molecule has 0 unspecified atom stereocenters. The van der Waals surface area contributed by atoms with Gasteiger partial charge in [0.1, 0.15) is 29.8 Å². The molecule has 1 saturated heterocycles. The number of piperidine rings is 1. The van der Waals surface area contributed by atoms with Crippen molar-refractivity contribution in [1.29, 1.82) is 0 Å². The van der Waals surface area contributed by atoms with Crippen LogP contribution in [-0.2, 0) is 0 Å². The Morgan fingerprint density at radius 1 is 1.00 bits per heavy atom. The van der Waals surface area contributed by atoms with E-state index in [9.17, 15) is 4.39 Å². The Morgan fingerprint density at radius 3 is 2.41 bits per heavy atom. The van der Waals surface area contributed by atoms with Gasteiger partial charge in [0, 0.05) is 43.1 Å². The summed E-state index contributed by atoms with van der Waals surface area (Å²) in [5, 5.41) is 0. The van der Waals surface area contributed by atoms with Crippen molar-refractivity contribution in [1.82, 2.24) is 15.0 Å². The number of methoxy groups -OCH3 is 1. The maximum Gasteiger partial charge on any atom is 0.213 e. The molecule has 0 spiro atoms. The summed E-state index contributed by atoms with van der Waals surface area (Å²) in [7, 11) is 1.59. The molecule has 1 fully saturated rings. The van der Waals surface area contributed by atoms with Gasteiger partial charge in [-0.3, -0.25) is 0 Å². The van der Waals surface area contributed by atoms with Crippen LogP contribution in [0.4, 0.5) is 10.2 Å². The van der Waals surface area contributed by atoms with Crippen LogP contribution in [0.15, 0.2) is 48.9 Å². The van der Waals surface area contributed by atoms with Crippen LogP contribution in [0.5, 0.6) is 11.6 Å². The molecular formula is C22H23FN4O2. The summed E-state index contributed by atoms with van der Waals surface area (Å²) in [5.41, 5.74) is 2.72. The van der Waals surface area contributed by atoms with Gasteiger partial charge in [0.05, 0.1) is 19.0 Å². The SMILES string of the molecule is COc1ccc(OC2CCN(c3ncnc(-c4ccc(F)cc4)c3C)CC2)cn1. The second-order valence-electron chi connectivity index (χ2n) is 7.02. The van der Waals surface area contributed by atoms with Crippen molar-refractivity contribution in [2.24, 2.45) is 0 Å². The van der Waals surface area contributed by atoms with E-state index in [0.29, 0.717) is 5.88 Å². The summed E-state index contributed by atoms with van der Waals surface area (Å²) < 4.78 is 24.4. The number of nitrogens with zero attached hydrogens (tertiary/aromatic N) is 4. The average molecular weight is 394 g/mol. The monoisotopic (exact) mass is 394 g/mol. The van der Waals surface area contributed by atoms with Crippen LogP contribution in [0.2, 0.25) is 0 Å². The maximum atomic E-state index is 13.2. The van der Waals surface area contributed by atoms with Crippen molar-refractivity contribution >= 4 is 5.82 Å². The third-order valence-corrected chi connectivity index (χ3v) is 5.14. The smallest absolute Gasteiger partial charge is 0.213 e. The first-order valence-corrected chi connectivity index (χ1v) is 9.63. The number of rotatable bonds is 5. The van der Waals surface area contributed by atoms with E-state index < -0.39 is 0 Å². The number of benzene rings is 1. The van der Waals surface area contributed by atoms with E-state index in [2.05, 4.69) is 19.9 Å². The Morgan fingerprint density at radius 2 is 1.76 bits per heavy atom. The van der Waals surface area contributed by atoms with Crippen LogP contribution in [0.25, 0.3) is 11.3 Å². The molecule has 0 saturated carbocycles. The van der Waals surface area contributed by atoms with E-state index in [0.717, 1.165) is 54.3 Å². The fraction of sp³-hybridized carbons (Fsp3) is 0.318. The summed E-state index contributed by atoms with van der Waals surface area (Å²) in [6.45, 7) is 3.70. The Kier molecular flexibility index (Phi) is 5.55. The van der Waals surface area contributed by atoms with E-state index in [1.807, 2.05) is 13.0 Å². The second kappa shape index (κ2) is 8.43. The van der Waals surface area contributed by atoms with Gasteiger partial charge >= 0.3 is 0 Å². The van der Waals surface area contributed by atoms with Crippen molar-refractivity contribution in [3.63, 3.8) is 0 Å². The number of anilines is 1. The third kappa shape index (κ3) is 4.29. The molecule has 1 aliphatic rings. The minimum Gasteiger partial charge on any atom is -0.489 e. The number of pyridine rings is 1. The molecule has 0 N–H and O–H groups in total. The zero-order valence-electron chi connectivity index (χ0n) is 16.5. The lowest BCUT2D eigenvalue weighted by Crippen LogP contribution is -2.39. The van der Waals surface area contributed by atoms with Crippen molar-refractivity contribution < 1.29 is 13.9 Å². The number of hydrogen-bond acceptors (Lipinski definition) is 6. The Hall–Kier alpha value is -3.22. The molecular weight excluding hydrogens is 371 g/mol. The molecule has 0 aliphatic carbocycles. The van der Waals surface area contributed by atoms with Crippen LogP contribution in [0.3, 0.4) is 0 Å². The predicted molar refractivity (Wildman–Crippen MR) is 109 cm³/mol. The van der Waals surface area contributed by atoms with Crippen LogP contribution in [-0.4, -0.2) is 41.3 Å². The maximum absolute atomic E-state index is 13.2. The number of ether oxygens (including phenoxy) is 2. The van der Waals surface area contributed by atoms with Gasteiger partial charge in [-0.15, -0.1) is 0 Å². The van der Waals surface area contributed by atoms with Gasteiger partial charge in [-0.1, -0.05) is 0 Å². The summed E-state index contributed by atoms with van der Waals surface area (Å²) in [6, 6.07) is 10.1. The molecule has 0 amide bonds. The highest BCUT2D eigenvalue weighted by Crippen LogP contribution is 2.29. The summed E-state index contributed by atoms with van der Waals surface area (Å²) >= 11 is 0. The lowest BCUT2D eigenvalue weighted by atomic mass is 10.0. The standard InChI is InChI=1S/C22H23FN4O2/c1-15-21(16-3-5-17(23)6-4-16)25-14-26-22(15)27-11-9-18(10-12-27)29-19-7-8-20(28-2)24-13-19/h3-8,13-14,18H,9-12H2,1-2H3. The fourth-order valence-corrected chi connectivity index (χ4v) is 3.59. The van der Waals surface area contributed by atoms with E-state index >= 15 is 0 Å². The Balaban J connectivity index is 1.43. The van der Waals surface area contributed by atoms with Gasteiger partial charge in [-0.2, -0.15) is 0 Å². The highest BCUT2D eigenvalue weighted by atomic mass is 19.1. The number of halogens is 1. The normalized spacial score (nSPS) is 14.7. The fourth-order valence-electron chi connectivity index (χ4n) is 3.59. The zero-order valence-corrected chi connectivity index (χ0v) is 16.5. The first-order valence-electron chi connectivity index (χ1n) is 9.63. The Bertz CT molecular complexity index is 956. The van der Waals surface area contributed by atoms with Crippen molar-refractivity contribution in [3.05, 3.63) is 60.3 Å². The van der Waals surface area contributed by atoms with Crippen molar-refractivity contribution in [2.45, 2.75) is 25.9 Å². The predicted octanol–water partition coefficient (Wildman–Crippen LogP) is 4.04. The second-order valence-corrected chi connectivity index (χ2v) is 7.02. The van der Waals surface area contributed by atoms with Crippen molar-refractivity contribution in [3.8, 4) is 22.9 Å². The quantitative estimate of drug-likeness (QED) is 0.651. The van der Waals surface area contributed by atoms with Crippen LogP contribution in [0, 0.1) is 12.7 Å². The molecule has 1 aliphatic heterocycles. The lowest BCUT2D eigenvalue weighted by molar-refractivity contribution is 0.169. The topological polar surface area (TPSA) is 60.4 Å². The molecule has 29 heavy (non-hydrogen) atoms. The van der Waals surface area contributed by atoms with E-state index in [4.69, 9.17) is 9.47 Å². The number of aromatic nitrogens is 3. The zero-order chi connectivity index (χ0) is 20.2. The van der Waals surface area contributed by atoms with E-state index in [-0.39, 0.29) is 11.9 Å². The van der Waals surface area contributed by atoms with Gasteiger partial charge in [-0.05, 0) is 37.3 Å². The van der Waals surface area contributed by atoms with Crippen LogP contribution < -0.4 is 14.4 Å². The molecule has 1 aromatic carbocycles. The molecule has 0 radical (unpaired) electrons. The molecule has 4 rings (SSSR count). The highest BCUT2D eigenvalue weighted by Gasteiger charge is 2.23. The number of hydrogen-bond donors (Lipinski definition) is 0. The minimum atomic E-state index is -0.255. The molecule has 0 bridgehead atoms. The Labute approximate surface area is 169 Å². The van der Waals surface area contributed by atoms with Crippen LogP contribution in [0.1, 0.15) is 18.4 Å². The first-order chi connectivity index (χ1) is 14.1. The van der Waals surface area contributed by atoms with E-state index in [1.54, 1.807) is 37.8 Å². The van der Waals surface area contributed by atoms with E-state index in [1.165, 1.54) is 12.1 Å². The summed E-state index contributed by atoms with van der Waals surface area (Å²) in [5.74, 6) is 1.99. The molecule has 3 aromatic rings. The van der Waals surface area contributed by atoms with Gasteiger partial charge in [0.15, 0.2) is 0 Å². The largest absolute Gasteiger partial charge is 0.489 e. The molecule has 3 heterocycles. The highest BCUT2D eigenvalue weighted by molar-refractivity contribution is 5.68. The van der Waals surface area contributed by atoms with Crippen molar-refractivity contribution in [2.75, 3.05) is 25.1 Å². The summed E-state index contributed by atoms with van der Waals surface area (Å²) in [4.78, 5) is 15.4. The molecule has 7 heteroatoms. The molecule has 6 nitrogen and oxygen atoms in total. The van der Waals surface area contributed by atoms with Gasteiger partial charge < -0.3 is 14.4 Å². The van der Waals surface area contributed by atoms with Crippen LogP contribution >= 0.6 is 0 Å². The van der Waals surface area contributed by atoms with Gasteiger partial charge in [-0.25, -0.2) is 19.3 Å². The van der Waals surface area contributed by atoms with Gasteiger partial charge in [0.25, 0.3) is 0 Å². The first kappa shape index (κ1) is 19.1. The molecule has 150 valence electrons. The lowest BCUT2D eigenvalue weighted by Gasteiger charge is -2.33. The molecule has 2 aromatic heterocycles. The third-order valence-electron chi connectivity index (χ3n) is 5.14. The average Bonchev–Trinajstić information content (AvgIpc) is 2.76.